The number of tetrazole rings is 1. The number of hydrogen-bond donors (Lipinski definition) is 1. The Morgan fingerprint density at radius 1 is 1.15 bits per heavy atom. The average Bonchev–Trinajstić information content (AvgIpc) is 3.21. The molecule has 0 aliphatic rings. The number of fused-ring (bicyclic) bond motifs is 1. The summed E-state index contributed by atoms with van der Waals surface area (Å²) in [5.41, 5.74) is 3.05. The Labute approximate surface area is 158 Å². The Balaban J connectivity index is 1.90. The van der Waals surface area contributed by atoms with E-state index in [1.807, 2.05) is 31.2 Å². The maximum Gasteiger partial charge on any atom is 0.262 e. The molecule has 1 N–H and O–H groups in total. The van der Waals surface area contributed by atoms with Crippen LogP contribution in [0.15, 0.2) is 42.5 Å². The second-order valence-corrected chi connectivity index (χ2v) is 6.78. The number of halogens is 2. The molecule has 6 nitrogen and oxygen atoms in total. The largest absolute Gasteiger partial charge is 0.280 e. The van der Waals surface area contributed by atoms with Crippen molar-refractivity contribution in [2.24, 2.45) is 0 Å². The number of hydrogen-bond acceptors (Lipinski definition) is 4. The summed E-state index contributed by atoms with van der Waals surface area (Å²) < 4.78 is 1.68. The van der Waals surface area contributed by atoms with Gasteiger partial charge >= 0.3 is 0 Å². The Bertz CT molecular complexity index is 1100. The van der Waals surface area contributed by atoms with E-state index in [4.69, 9.17) is 23.2 Å². The number of aromatic nitrogens is 5. The van der Waals surface area contributed by atoms with Gasteiger partial charge in [0, 0.05) is 33.1 Å². The number of benzene rings is 2. The molecule has 130 valence electrons. The van der Waals surface area contributed by atoms with E-state index in [2.05, 4.69) is 20.6 Å². The van der Waals surface area contributed by atoms with E-state index in [0.29, 0.717) is 27.9 Å². The van der Waals surface area contributed by atoms with Gasteiger partial charge in [0.1, 0.15) is 0 Å². The highest BCUT2D eigenvalue weighted by molar-refractivity contribution is 6.35. The summed E-state index contributed by atoms with van der Waals surface area (Å²) in [4.78, 5) is 13.2. The van der Waals surface area contributed by atoms with Crippen molar-refractivity contribution in [1.82, 2.24) is 25.2 Å². The zero-order chi connectivity index (χ0) is 18.3. The first-order valence-corrected chi connectivity index (χ1v) is 8.62. The Morgan fingerprint density at radius 3 is 2.58 bits per heavy atom. The molecule has 2 aromatic heterocycles. The fourth-order valence-corrected chi connectivity index (χ4v) is 3.67. The number of nitrogens with one attached hydrogen (secondary N) is 1. The lowest BCUT2D eigenvalue weighted by Gasteiger charge is -2.08. The quantitative estimate of drug-likeness (QED) is 0.576. The van der Waals surface area contributed by atoms with Crippen molar-refractivity contribution in [3.05, 3.63) is 75.2 Å². The van der Waals surface area contributed by atoms with Crippen molar-refractivity contribution in [3.8, 4) is 0 Å². The van der Waals surface area contributed by atoms with Gasteiger partial charge in [0.05, 0.1) is 5.52 Å². The molecule has 0 aliphatic carbocycles. The molecule has 8 heteroatoms. The van der Waals surface area contributed by atoms with E-state index in [1.165, 1.54) is 0 Å². The van der Waals surface area contributed by atoms with Crippen LogP contribution in [0.4, 0.5) is 0 Å². The molecule has 0 bridgehead atoms. The molecule has 0 radical (unpaired) electrons. The van der Waals surface area contributed by atoms with E-state index in [0.717, 1.165) is 22.2 Å². The van der Waals surface area contributed by atoms with Gasteiger partial charge in [0.2, 0.25) is 0 Å². The third kappa shape index (κ3) is 2.87. The number of nitrogens with zero attached hydrogens (tertiary/aromatic N) is 4. The predicted molar refractivity (Wildman–Crippen MR) is 99.8 cm³/mol. The van der Waals surface area contributed by atoms with Gasteiger partial charge in [0.15, 0.2) is 5.82 Å². The van der Waals surface area contributed by atoms with E-state index < -0.39 is 0 Å². The van der Waals surface area contributed by atoms with Gasteiger partial charge in [-0.25, -0.2) is 5.10 Å². The number of H-pyrrole nitrogens is 1. The molecule has 0 aliphatic heterocycles. The second-order valence-electron chi connectivity index (χ2n) is 5.90. The summed E-state index contributed by atoms with van der Waals surface area (Å²) in [6, 6.07) is 12.6. The van der Waals surface area contributed by atoms with Crippen molar-refractivity contribution in [2.45, 2.75) is 13.3 Å². The van der Waals surface area contributed by atoms with Crippen molar-refractivity contribution >= 4 is 40.0 Å². The maximum atomic E-state index is 13.2. The average molecular weight is 386 g/mol. The summed E-state index contributed by atoms with van der Waals surface area (Å²) in [6.45, 7) is 1.91. The standard InChI is InChI=1S/C18H13Cl2N5O/c1-10-15(9-17-21-23-24-22-17)14-4-2-3-5-16(14)25(10)18(26)11-6-12(19)8-13(20)7-11/h2-8H,9H2,1H3,(H,21,22,23,24). The zero-order valence-electron chi connectivity index (χ0n) is 13.7. The van der Waals surface area contributed by atoms with Crippen LogP contribution in [-0.2, 0) is 6.42 Å². The minimum absolute atomic E-state index is 0.190. The lowest BCUT2D eigenvalue weighted by Crippen LogP contribution is -2.14. The van der Waals surface area contributed by atoms with Gasteiger partial charge < -0.3 is 0 Å². The molecule has 4 rings (SSSR count). The van der Waals surface area contributed by atoms with Gasteiger partial charge in [-0.05, 0) is 47.2 Å². The third-order valence-electron chi connectivity index (χ3n) is 4.29. The molecule has 4 aromatic rings. The summed E-state index contributed by atoms with van der Waals surface area (Å²) >= 11 is 12.1. The summed E-state index contributed by atoms with van der Waals surface area (Å²) in [6.07, 6.45) is 0.496. The van der Waals surface area contributed by atoms with Gasteiger partial charge in [-0.2, -0.15) is 0 Å². The smallest absolute Gasteiger partial charge is 0.262 e. The summed E-state index contributed by atoms with van der Waals surface area (Å²) in [5, 5.41) is 15.8. The van der Waals surface area contributed by atoms with Crippen molar-refractivity contribution in [2.75, 3.05) is 0 Å². The maximum absolute atomic E-state index is 13.2. The molecule has 0 unspecified atom stereocenters. The van der Waals surface area contributed by atoms with Crippen molar-refractivity contribution < 1.29 is 4.79 Å². The molecule has 0 saturated heterocycles. The molecular weight excluding hydrogens is 373 g/mol. The highest BCUT2D eigenvalue weighted by Crippen LogP contribution is 2.29. The van der Waals surface area contributed by atoms with Crippen molar-refractivity contribution in [1.29, 1.82) is 0 Å². The van der Waals surface area contributed by atoms with Crippen LogP contribution in [0.2, 0.25) is 10.0 Å². The fourth-order valence-electron chi connectivity index (χ4n) is 3.15. The van der Waals surface area contributed by atoms with Crippen LogP contribution in [0.5, 0.6) is 0 Å². The lowest BCUT2D eigenvalue weighted by molar-refractivity contribution is 0.0963. The first-order chi connectivity index (χ1) is 12.5. The third-order valence-corrected chi connectivity index (χ3v) is 4.72. The van der Waals surface area contributed by atoms with Crippen LogP contribution in [-0.4, -0.2) is 31.1 Å². The van der Waals surface area contributed by atoms with Crippen LogP contribution in [0.3, 0.4) is 0 Å². The molecule has 2 aromatic carbocycles. The highest BCUT2D eigenvalue weighted by atomic mass is 35.5. The van der Waals surface area contributed by atoms with Crippen LogP contribution in [0.1, 0.15) is 27.4 Å². The lowest BCUT2D eigenvalue weighted by atomic mass is 10.1. The zero-order valence-corrected chi connectivity index (χ0v) is 15.2. The molecule has 0 spiro atoms. The summed E-state index contributed by atoms with van der Waals surface area (Å²) in [7, 11) is 0. The van der Waals surface area contributed by atoms with Gasteiger partial charge in [0.25, 0.3) is 5.91 Å². The molecule has 0 fully saturated rings. The van der Waals surface area contributed by atoms with E-state index in [-0.39, 0.29) is 5.91 Å². The number of rotatable bonds is 3. The highest BCUT2D eigenvalue weighted by Gasteiger charge is 2.21. The van der Waals surface area contributed by atoms with Crippen LogP contribution < -0.4 is 0 Å². The minimum atomic E-state index is -0.190. The molecule has 0 atom stereocenters. The number of para-hydroxylation sites is 1. The molecule has 2 heterocycles. The van der Waals surface area contributed by atoms with Crippen LogP contribution in [0.25, 0.3) is 10.9 Å². The Hall–Kier alpha value is -2.70. The monoisotopic (exact) mass is 385 g/mol. The predicted octanol–water partition coefficient (Wildman–Crippen LogP) is 4.05. The first kappa shape index (κ1) is 16.8. The van der Waals surface area contributed by atoms with Gasteiger partial charge in [-0.1, -0.05) is 41.4 Å². The van der Waals surface area contributed by atoms with Crippen LogP contribution >= 0.6 is 23.2 Å². The van der Waals surface area contributed by atoms with Gasteiger partial charge in [-0.15, -0.1) is 5.10 Å². The van der Waals surface area contributed by atoms with Crippen molar-refractivity contribution in [3.63, 3.8) is 0 Å². The Morgan fingerprint density at radius 2 is 1.88 bits per heavy atom. The molecule has 0 amide bonds. The molecular formula is C18H13Cl2N5O. The van der Waals surface area contributed by atoms with E-state index in [9.17, 15) is 4.79 Å². The number of carbonyl (C=O) groups excluding carboxylic acids is 1. The topological polar surface area (TPSA) is 76.5 Å². The van der Waals surface area contributed by atoms with E-state index >= 15 is 0 Å². The van der Waals surface area contributed by atoms with Gasteiger partial charge in [-0.3, -0.25) is 9.36 Å². The van der Waals surface area contributed by atoms with E-state index in [1.54, 1.807) is 22.8 Å². The van der Waals surface area contributed by atoms with Crippen LogP contribution in [0, 0.1) is 6.92 Å². The Kier molecular flexibility index (Phi) is 4.22. The number of aromatic amines is 1. The fraction of sp³-hybridized carbons (Fsp3) is 0.111. The molecule has 26 heavy (non-hydrogen) atoms. The summed E-state index contributed by atoms with van der Waals surface area (Å²) in [5.74, 6) is 0.444. The SMILES string of the molecule is Cc1c(Cc2nnn[nH]2)c2ccccc2n1C(=O)c1cc(Cl)cc(Cl)c1. The number of carbonyl (C=O) groups is 1. The molecule has 0 saturated carbocycles. The first-order valence-electron chi connectivity index (χ1n) is 7.87. The minimum Gasteiger partial charge on any atom is -0.280 e. The second kappa shape index (κ2) is 6.55. The normalized spacial score (nSPS) is 11.2.